The molecule has 4 nitrogen and oxygen atoms in total. The highest BCUT2D eigenvalue weighted by Gasteiger charge is 2.12. The molecule has 1 N–H and O–H groups in total. The van der Waals surface area contributed by atoms with Crippen LogP contribution in [0.3, 0.4) is 0 Å². The molecule has 0 saturated carbocycles. The summed E-state index contributed by atoms with van der Waals surface area (Å²) in [5, 5.41) is 6.24. The molecule has 5 heteroatoms. The van der Waals surface area contributed by atoms with Crippen molar-refractivity contribution in [2.75, 3.05) is 5.32 Å². The molecule has 1 amide bonds. The molecule has 0 spiro atoms. The first-order valence-corrected chi connectivity index (χ1v) is 10.6. The molecule has 5 aromatic rings. The van der Waals surface area contributed by atoms with Crippen molar-refractivity contribution in [3.8, 4) is 10.6 Å². The van der Waals surface area contributed by atoms with Gasteiger partial charge in [-0.05, 0) is 47.0 Å². The van der Waals surface area contributed by atoms with Crippen LogP contribution in [0.15, 0.2) is 79.0 Å². The molecular weight excluding hydrogens is 390 g/mol. The van der Waals surface area contributed by atoms with Gasteiger partial charge in [0.2, 0.25) is 5.91 Å². The number of nitrogens with zero attached hydrogens (tertiary/aromatic N) is 2. The highest BCUT2D eigenvalue weighted by molar-refractivity contribution is 7.21. The van der Waals surface area contributed by atoms with Crippen molar-refractivity contribution in [3.63, 3.8) is 0 Å². The predicted octanol–water partition coefficient (Wildman–Crippen LogP) is 6.00. The summed E-state index contributed by atoms with van der Waals surface area (Å²) >= 11 is 1.55. The first kappa shape index (κ1) is 18.5. The van der Waals surface area contributed by atoms with Crippen molar-refractivity contribution in [1.82, 2.24) is 9.97 Å². The Labute approximate surface area is 178 Å². The average Bonchev–Trinajstić information content (AvgIpc) is 3.20. The Morgan fingerprint density at radius 3 is 2.77 bits per heavy atom. The second-order valence-electron chi connectivity index (χ2n) is 7.24. The number of amides is 1. The molecule has 0 fully saturated rings. The molecule has 30 heavy (non-hydrogen) atoms. The Morgan fingerprint density at radius 1 is 1.00 bits per heavy atom. The fourth-order valence-electron chi connectivity index (χ4n) is 3.60. The van der Waals surface area contributed by atoms with E-state index in [1.807, 2.05) is 61.5 Å². The van der Waals surface area contributed by atoms with Gasteiger partial charge in [-0.15, -0.1) is 0 Å². The minimum absolute atomic E-state index is 0.0300. The molecule has 0 bridgehead atoms. The fraction of sp³-hybridized carbons (Fsp3) is 0.0800. The third-order valence-corrected chi connectivity index (χ3v) is 6.18. The van der Waals surface area contributed by atoms with E-state index in [-0.39, 0.29) is 5.91 Å². The molecule has 0 aliphatic heterocycles. The van der Waals surface area contributed by atoms with Gasteiger partial charge in [-0.25, -0.2) is 9.97 Å². The minimum Gasteiger partial charge on any atom is -0.326 e. The van der Waals surface area contributed by atoms with E-state index in [4.69, 9.17) is 0 Å². The van der Waals surface area contributed by atoms with E-state index in [1.54, 1.807) is 17.5 Å². The lowest BCUT2D eigenvalue weighted by molar-refractivity contribution is -0.115. The smallest absolute Gasteiger partial charge is 0.228 e. The number of thiazole rings is 1. The van der Waals surface area contributed by atoms with Crippen molar-refractivity contribution >= 4 is 44.1 Å². The zero-order valence-corrected chi connectivity index (χ0v) is 17.2. The average molecular weight is 410 g/mol. The maximum Gasteiger partial charge on any atom is 0.228 e. The lowest BCUT2D eigenvalue weighted by Gasteiger charge is -2.11. The summed E-state index contributed by atoms with van der Waals surface area (Å²) < 4.78 is 0. The Balaban J connectivity index is 1.41. The van der Waals surface area contributed by atoms with Gasteiger partial charge in [0.05, 0.1) is 6.42 Å². The summed E-state index contributed by atoms with van der Waals surface area (Å²) in [6.45, 7) is 2.00. The molecule has 146 valence electrons. The number of hydrogen-bond acceptors (Lipinski definition) is 4. The van der Waals surface area contributed by atoms with Gasteiger partial charge >= 0.3 is 0 Å². The van der Waals surface area contributed by atoms with E-state index in [0.29, 0.717) is 6.42 Å². The highest BCUT2D eigenvalue weighted by Crippen LogP contribution is 2.31. The monoisotopic (exact) mass is 409 g/mol. The van der Waals surface area contributed by atoms with Crippen molar-refractivity contribution in [2.45, 2.75) is 13.3 Å². The van der Waals surface area contributed by atoms with Gasteiger partial charge in [-0.1, -0.05) is 65.9 Å². The van der Waals surface area contributed by atoms with E-state index < -0.39 is 0 Å². The SMILES string of the molecule is Cc1ccc(-c2nc3cccnc3s2)cc1NC(=O)Cc1cccc2ccccc12. The van der Waals surface area contributed by atoms with E-state index in [9.17, 15) is 4.79 Å². The summed E-state index contributed by atoms with van der Waals surface area (Å²) in [6, 6.07) is 24.1. The Morgan fingerprint density at radius 2 is 1.87 bits per heavy atom. The first-order valence-electron chi connectivity index (χ1n) is 9.76. The summed E-state index contributed by atoms with van der Waals surface area (Å²) in [5.41, 5.74) is 4.72. The normalized spacial score (nSPS) is 11.1. The van der Waals surface area contributed by atoms with Crippen LogP contribution in [0.5, 0.6) is 0 Å². The number of pyridine rings is 1. The van der Waals surface area contributed by atoms with E-state index in [0.717, 1.165) is 48.5 Å². The van der Waals surface area contributed by atoms with Crippen LogP contribution >= 0.6 is 11.3 Å². The van der Waals surface area contributed by atoms with Crippen LogP contribution in [0.4, 0.5) is 5.69 Å². The quantitative estimate of drug-likeness (QED) is 0.396. The van der Waals surface area contributed by atoms with Crippen molar-refractivity contribution < 1.29 is 4.79 Å². The summed E-state index contributed by atoms with van der Waals surface area (Å²) in [5.74, 6) is -0.0300. The number of aromatic nitrogens is 2. The zero-order valence-electron chi connectivity index (χ0n) is 16.4. The maximum atomic E-state index is 12.8. The van der Waals surface area contributed by atoms with Gasteiger partial charge in [-0.3, -0.25) is 4.79 Å². The highest BCUT2D eigenvalue weighted by atomic mass is 32.1. The second kappa shape index (κ2) is 7.69. The molecule has 0 atom stereocenters. The maximum absolute atomic E-state index is 12.8. The topological polar surface area (TPSA) is 54.9 Å². The van der Waals surface area contributed by atoms with E-state index >= 15 is 0 Å². The summed E-state index contributed by atoms with van der Waals surface area (Å²) in [4.78, 5) is 22.8. The van der Waals surface area contributed by atoms with Gasteiger partial charge in [0.15, 0.2) is 0 Å². The lowest BCUT2D eigenvalue weighted by atomic mass is 10.0. The third kappa shape index (κ3) is 3.55. The third-order valence-electron chi connectivity index (χ3n) is 5.16. The van der Waals surface area contributed by atoms with E-state index in [1.165, 1.54) is 0 Å². The first-order chi connectivity index (χ1) is 14.7. The molecule has 0 unspecified atom stereocenters. The molecule has 0 saturated heterocycles. The van der Waals surface area contributed by atoms with Crippen molar-refractivity contribution in [1.29, 1.82) is 0 Å². The van der Waals surface area contributed by atoms with Crippen LogP contribution in [0.1, 0.15) is 11.1 Å². The summed E-state index contributed by atoms with van der Waals surface area (Å²) in [7, 11) is 0. The standard InChI is InChI=1S/C25H19N3OS/c1-16-11-12-19(24-28-21-10-5-13-26-25(21)30-24)14-22(16)27-23(29)15-18-8-4-7-17-6-2-3-9-20(17)18/h2-14H,15H2,1H3,(H,27,29). The molecule has 0 aliphatic rings. The van der Waals surface area contributed by atoms with Crippen LogP contribution in [0.25, 0.3) is 31.7 Å². The molecular formula is C25H19N3OS. The molecule has 5 rings (SSSR count). The van der Waals surface area contributed by atoms with Crippen LogP contribution in [0, 0.1) is 6.92 Å². The number of anilines is 1. The van der Waals surface area contributed by atoms with Crippen LogP contribution in [0.2, 0.25) is 0 Å². The number of carbonyl (C=O) groups is 1. The molecule has 0 aliphatic carbocycles. The predicted molar refractivity (Wildman–Crippen MR) is 124 cm³/mol. The van der Waals surface area contributed by atoms with Gasteiger partial charge in [0, 0.05) is 17.4 Å². The van der Waals surface area contributed by atoms with Crippen molar-refractivity contribution in [2.24, 2.45) is 0 Å². The number of hydrogen-bond donors (Lipinski definition) is 1. The Kier molecular flexibility index (Phi) is 4.73. The number of benzene rings is 3. The van der Waals surface area contributed by atoms with Crippen molar-refractivity contribution in [3.05, 3.63) is 90.1 Å². The number of fused-ring (bicyclic) bond motifs is 2. The zero-order chi connectivity index (χ0) is 20.5. The van der Waals surface area contributed by atoms with Gasteiger partial charge in [0.25, 0.3) is 0 Å². The number of rotatable bonds is 4. The Bertz CT molecular complexity index is 1350. The molecule has 3 aromatic carbocycles. The van der Waals surface area contributed by atoms with E-state index in [2.05, 4.69) is 33.5 Å². The van der Waals surface area contributed by atoms with Crippen LogP contribution < -0.4 is 5.32 Å². The fourth-order valence-corrected chi connectivity index (χ4v) is 4.50. The largest absolute Gasteiger partial charge is 0.326 e. The molecule has 0 radical (unpaired) electrons. The minimum atomic E-state index is -0.0300. The molecule has 2 heterocycles. The second-order valence-corrected chi connectivity index (χ2v) is 8.22. The molecule has 2 aromatic heterocycles. The number of aryl methyl sites for hydroxylation is 1. The van der Waals surface area contributed by atoms with Crippen LogP contribution in [-0.4, -0.2) is 15.9 Å². The van der Waals surface area contributed by atoms with Crippen LogP contribution in [-0.2, 0) is 11.2 Å². The Hall–Kier alpha value is -3.57. The van der Waals surface area contributed by atoms with Gasteiger partial charge < -0.3 is 5.32 Å². The summed E-state index contributed by atoms with van der Waals surface area (Å²) in [6.07, 6.45) is 2.11. The lowest BCUT2D eigenvalue weighted by Crippen LogP contribution is -2.15. The van der Waals surface area contributed by atoms with Gasteiger partial charge in [-0.2, -0.15) is 0 Å². The van der Waals surface area contributed by atoms with Gasteiger partial charge in [0.1, 0.15) is 15.4 Å². The number of carbonyl (C=O) groups excluding carboxylic acids is 1. The number of nitrogens with one attached hydrogen (secondary N) is 1.